The van der Waals surface area contributed by atoms with Crippen LogP contribution in [-0.2, 0) is 9.53 Å². The van der Waals surface area contributed by atoms with Crippen LogP contribution in [0.4, 0.5) is 8.78 Å². The molecule has 1 rings (SSSR count). The topological polar surface area (TPSA) is 26.3 Å². The molecule has 0 amide bonds. The van der Waals surface area contributed by atoms with Crippen molar-refractivity contribution in [1.29, 1.82) is 0 Å². The fourth-order valence-electron chi connectivity index (χ4n) is 1.62. The van der Waals surface area contributed by atoms with Crippen molar-refractivity contribution in [2.75, 3.05) is 7.11 Å². The molecule has 0 saturated heterocycles. The lowest BCUT2D eigenvalue weighted by Crippen LogP contribution is -2.26. The maximum Gasteiger partial charge on any atom is 0.305 e. The molecule has 0 aromatic carbocycles. The molecule has 0 aliphatic heterocycles. The minimum absolute atomic E-state index is 0. The Balaban J connectivity index is 0.00000169. The van der Waals surface area contributed by atoms with Gasteiger partial charge >= 0.3 is 5.97 Å². The second kappa shape index (κ2) is 5.27. The smallest absolute Gasteiger partial charge is 0.305 e. The second-order valence-electron chi connectivity index (χ2n) is 3.58. The average Bonchev–Trinajstić information content (AvgIpc) is 2.08. The number of ether oxygens (including phenoxy) is 1. The molecule has 84 valence electrons. The highest BCUT2D eigenvalue weighted by atomic mass is 19.3. The Bertz CT molecular complexity index is 183. The number of alkyl halides is 2. The summed E-state index contributed by atoms with van der Waals surface area (Å²) >= 11 is 0. The van der Waals surface area contributed by atoms with Crippen molar-refractivity contribution >= 4 is 5.97 Å². The summed E-state index contributed by atoms with van der Waals surface area (Å²) in [5, 5.41) is 0. The lowest BCUT2D eigenvalue weighted by atomic mass is 9.85. The predicted octanol–water partition coefficient (Wildman–Crippen LogP) is 3.01. The standard InChI is InChI=1S/C9H14F2O2.CH4/c1-13-8(12)6-7-2-4-9(10,11)5-3-7;/h7H,2-6H2,1H3;1H4. The summed E-state index contributed by atoms with van der Waals surface area (Å²) in [5.74, 6) is -2.71. The summed E-state index contributed by atoms with van der Waals surface area (Å²) in [6.45, 7) is 0. The molecule has 1 saturated carbocycles. The Morgan fingerprint density at radius 3 is 2.36 bits per heavy atom. The zero-order chi connectivity index (χ0) is 9.90. The molecule has 2 nitrogen and oxygen atoms in total. The van der Waals surface area contributed by atoms with E-state index in [9.17, 15) is 13.6 Å². The lowest BCUT2D eigenvalue weighted by molar-refractivity contribution is -0.142. The van der Waals surface area contributed by atoms with Gasteiger partial charge in [-0.3, -0.25) is 4.79 Å². The first-order chi connectivity index (χ1) is 6.03. The normalized spacial score (nSPS) is 21.1. The summed E-state index contributed by atoms with van der Waals surface area (Å²) < 4.78 is 29.8. The van der Waals surface area contributed by atoms with Crippen LogP contribution in [0.15, 0.2) is 0 Å². The maximum absolute atomic E-state index is 12.7. The van der Waals surface area contributed by atoms with Crippen molar-refractivity contribution < 1.29 is 18.3 Å². The van der Waals surface area contributed by atoms with Gasteiger partial charge in [0.05, 0.1) is 7.11 Å². The Kier molecular flexibility index (Phi) is 5.02. The first-order valence-corrected chi connectivity index (χ1v) is 4.48. The summed E-state index contributed by atoms with van der Waals surface area (Å²) in [6.07, 6.45) is 0.972. The van der Waals surface area contributed by atoms with Crippen molar-refractivity contribution in [1.82, 2.24) is 0 Å². The van der Waals surface area contributed by atoms with Crippen LogP contribution in [0, 0.1) is 5.92 Å². The minimum Gasteiger partial charge on any atom is -0.469 e. The third kappa shape index (κ3) is 4.03. The molecular weight excluding hydrogens is 190 g/mol. The van der Waals surface area contributed by atoms with E-state index in [1.165, 1.54) is 7.11 Å². The third-order valence-corrected chi connectivity index (χ3v) is 2.52. The monoisotopic (exact) mass is 208 g/mol. The Labute approximate surface area is 83.6 Å². The lowest BCUT2D eigenvalue weighted by Gasteiger charge is -2.27. The summed E-state index contributed by atoms with van der Waals surface area (Å²) in [7, 11) is 1.32. The summed E-state index contributed by atoms with van der Waals surface area (Å²) in [6, 6.07) is 0. The fraction of sp³-hybridized carbons (Fsp3) is 0.900. The van der Waals surface area contributed by atoms with Crippen molar-refractivity contribution in [2.24, 2.45) is 5.92 Å². The van der Waals surface area contributed by atoms with Crippen LogP contribution in [0.25, 0.3) is 0 Å². The zero-order valence-electron chi connectivity index (χ0n) is 7.69. The van der Waals surface area contributed by atoms with E-state index in [1.54, 1.807) is 0 Å². The van der Waals surface area contributed by atoms with Gasteiger partial charge in [0, 0.05) is 19.3 Å². The maximum atomic E-state index is 12.7. The van der Waals surface area contributed by atoms with Gasteiger partial charge in [-0.2, -0.15) is 0 Å². The van der Waals surface area contributed by atoms with E-state index < -0.39 is 5.92 Å². The van der Waals surface area contributed by atoms with Crippen LogP contribution >= 0.6 is 0 Å². The zero-order valence-corrected chi connectivity index (χ0v) is 7.69. The second-order valence-corrected chi connectivity index (χ2v) is 3.58. The Morgan fingerprint density at radius 1 is 1.43 bits per heavy atom. The Morgan fingerprint density at radius 2 is 1.93 bits per heavy atom. The molecule has 0 N–H and O–H groups in total. The molecule has 0 unspecified atom stereocenters. The molecule has 1 aliphatic rings. The molecule has 0 aromatic heterocycles. The quantitative estimate of drug-likeness (QED) is 0.652. The number of carbonyl (C=O) groups excluding carboxylic acids is 1. The molecule has 0 heterocycles. The molecular formula is C10H18F2O2. The summed E-state index contributed by atoms with van der Waals surface area (Å²) in [4.78, 5) is 10.8. The van der Waals surface area contributed by atoms with Crippen molar-refractivity contribution in [3.8, 4) is 0 Å². The van der Waals surface area contributed by atoms with E-state index in [0.717, 1.165) is 0 Å². The fourth-order valence-corrected chi connectivity index (χ4v) is 1.62. The average molecular weight is 208 g/mol. The molecule has 1 fully saturated rings. The van der Waals surface area contributed by atoms with Crippen LogP contribution < -0.4 is 0 Å². The van der Waals surface area contributed by atoms with E-state index in [0.29, 0.717) is 12.8 Å². The van der Waals surface area contributed by atoms with Crippen molar-refractivity contribution in [3.63, 3.8) is 0 Å². The van der Waals surface area contributed by atoms with E-state index in [2.05, 4.69) is 4.74 Å². The highest BCUT2D eigenvalue weighted by Crippen LogP contribution is 2.37. The number of methoxy groups -OCH3 is 1. The highest BCUT2D eigenvalue weighted by molar-refractivity contribution is 5.69. The van der Waals surface area contributed by atoms with Crippen LogP contribution in [0.3, 0.4) is 0 Å². The molecule has 4 heteroatoms. The number of carbonyl (C=O) groups is 1. The number of hydrogen-bond donors (Lipinski definition) is 0. The van der Waals surface area contributed by atoms with E-state index in [4.69, 9.17) is 0 Å². The molecule has 0 spiro atoms. The number of hydrogen-bond acceptors (Lipinski definition) is 2. The summed E-state index contributed by atoms with van der Waals surface area (Å²) in [5.41, 5.74) is 0. The van der Waals surface area contributed by atoms with Gasteiger partial charge in [0.25, 0.3) is 0 Å². The molecule has 1 aliphatic carbocycles. The SMILES string of the molecule is C.COC(=O)CC1CCC(F)(F)CC1. The number of rotatable bonds is 2. The van der Waals surface area contributed by atoms with Gasteiger partial charge in [0.1, 0.15) is 0 Å². The van der Waals surface area contributed by atoms with Crippen molar-refractivity contribution in [2.45, 2.75) is 45.5 Å². The predicted molar refractivity (Wildman–Crippen MR) is 50.3 cm³/mol. The van der Waals surface area contributed by atoms with Crippen LogP contribution in [0.2, 0.25) is 0 Å². The first kappa shape index (κ1) is 13.3. The van der Waals surface area contributed by atoms with Crippen molar-refractivity contribution in [3.05, 3.63) is 0 Å². The molecule has 0 radical (unpaired) electrons. The van der Waals surface area contributed by atoms with Gasteiger partial charge in [0.2, 0.25) is 5.92 Å². The van der Waals surface area contributed by atoms with Gasteiger partial charge in [0.15, 0.2) is 0 Å². The van der Waals surface area contributed by atoms with Gasteiger partial charge in [-0.1, -0.05) is 7.43 Å². The minimum atomic E-state index is -2.51. The Hall–Kier alpha value is -0.670. The van der Waals surface area contributed by atoms with Gasteiger partial charge in [-0.15, -0.1) is 0 Å². The largest absolute Gasteiger partial charge is 0.469 e. The van der Waals surface area contributed by atoms with Gasteiger partial charge in [-0.25, -0.2) is 8.78 Å². The molecule has 0 atom stereocenters. The van der Waals surface area contributed by atoms with Crippen LogP contribution in [0.1, 0.15) is 39.5 Å². The van der Waals surface area contributed by atoms with Crippen LogP contribution in [0.5, 0.6) is 0 Å². The first-order valence-electron chi connectivity index (χ1n) is 4.48. The van der Waals surface area contributed by atoms with Crippen LogP contribution in [-0.4, -0.2) is 19.0 Å². The highest BCUT2D eigenvalue weighted by Gasteiger charge is 2.35. The van der Waals surface area contributed by atoms with E-state index in [-0.39, 0.29) is 38.6 Å². The number of halogens is 2. The molecule has 14 heavy (non-hydrogen) atoms. The van der Waals surface area contributed by atoms with Gasteiger partial charge < -0.3 is 4.74 Å². The molecule has 0 aromatic rings. The van der Waals surface area contributed by atoms with Gasteiger partial charge in [-0.05, 0) is 18.8 Å². The van der Waals surface area contributed by atoms with E-state index >= 15 is 0 Å². The third-order valence-electron chi connectivity index (χ3n) is 2.52. The molecule has 0 bridgehead atoms. The van der Waals surface area contributed by atoms with E-state index in [1.807, 2.05) is 0 Å². The number of esters is 1.